The first kappa shape index (κ1) is 66.6. The first-order valence-corrected chi connectivity index (χ1v) is 22.0. The van der Waals surface area contributed by atoms with E-state index in [9.17, 15) is 26.2 Å². The number of benzene rings is 6. The summed E-state index contributed by atoms with van der Waals surface area (Å²) in [5.74, 6) is 2.14. The molecule has 0 saturated carbocycles. The maximum Gasteiger partial charge on any atom is 0.534 e. The summed E-state index contributed by atoms with van der Waals surface area (Å²) >= 11 is 0. The molecule has 0 saturated heterocycles. The van der Waals surface area contributed by atoms with Gasteiger partial charge in [0.15, 0.2) is 14.2 Å². The van der Waals surface area contributed by atoms with E-state index in [0.717, 1.165) is 44.1 Å². The van der Waals surface area contributed by atoms with Gasteiger partial charge in [-0.15, -0.1) is 18.5 Å². The van der Waals surface area contributed by atoms with Crippen molar-refractivity contribution in [3.8, 4) is 28.7 Å². The van der Waals surface area contributed by atoms with Crippen LogP contribution in [-0.4, -0.2) is 40.4 Å². The van der Waals surface area contributed by atoms with E-state index in [-0.39, 0.29) is 265 Å². The van der Waals surface area contributed by atoms with Gasteiger partial charge in [-0.3, -0.25) is 4.57 Å². The minimum Gasteiger partial charge on any atom is -0.492 e. The maximum atomic E-state index is 12.8. The number of halogens is 3. The summed E-state index contributed by atoms with van der Waals surface area (Å²) in [5.41, 5.74) is -1.06. The fraction of sp³-hybridized carbons (Fsp3) is 0.200. The Bertz CT molecular complexity index is 2610. The molecule has 4 unspecified atom stereocenters. The number of aryl methyl sites for hydroxylation is 2. The van der Waals surface area contributed by atoms with Crippen LogP contribution in [-0.2, 0) is 25.5 Å². The maximum absolute atomic E-state index is 12.8. The van der Waals surface area contributed by atoms with Gasteiger partial charge in [-0.1, -0.05) is 108 Å². The van der Waals surface area contributed by atoms with Crippen LogP contribution in [0.15, 0.2) is 133 Å². The first-order chi connectivity index (χ1) is 28.7. The Morgan fingerprint density at radius 2 is 0.864 bits per heavy atom. The summed E-state index contributed by atoms with van der Waals surface area (Å²) in [6.07, 6.45) is 0. The second-order valence-corrected chi connectivity index (χ2v) is 17.9. The molecule has 4 heterocycles. The fourth-order valence-electron chi connectivity index (χ4n) is 7.68. The van der Waals surface area contributed by atoms with E-state index in [4.69, 9.17) is 18.9 Å². The fourth-order valence-corrected chi connectivity index (χ4v) is 9.77. The molecule has 0 aromatic heterocycles. The molecule has 0 aliphatic carbocycles. The third-order valence-corrected chi connectivity index (χ3v) is 12.9. The predicted octanol–water partition coefficient (Wildman–Crippen LogP) is 8.65. The predicted molar refractivity (Wildman–Crippen MR) is 233 cm³/mol. The molecule has 21 heteroatoms. The van der Waals surface area contributed by atoms with Crippen molar-refractivity contribution in [1.82, 2.24) is 0 Å². The summed E-state index contributed by atoms with van der Waals surface area (Å²) < 4.78 is 100. The van der Waals surface area contributed by atoms with Crippen LogP contribution >= 0.6 is 26.9 Å². The molecule has 8 nitrogen and oxygen atoms in total. The van der Waals surface area contributed by atoms with Crippen molar-refractivity contribution in [2.24, 2.45) is 0 Å². The first-order valence-electron chi connectivity index (χ1n) is 18.6. The van der Waals surface area contributed by atoms with E-state index in [1.807, 2.05) is 72.8 Å². The van der Waals surface area contributed by atoms with Crippen molar-refractivity contribution in [3.63, 3.8) is 0 Å². The summed E-state index contributed by atoms with van der Waals surface area (Å²) in [6.45, 7) is 5.45. The summed E-state index contributed by atoms with van der Waals surface area (Å²) in [7, 11) is -0.471. The zero-order valence-corrected chi connectivity index (χ0v) is 42.8. The molecule has 0 radical (unpaired) electrons. The van der Waals surface area contributed by atoms with Crippen molar-refractivity contribution in [2.45, 2.75) is 30.2 Å². The van der Waals surface area contributed by atoms with E-state index >= 15 is 0 Å². The second kappa shape index (κ2) is 29.6. The number of hydrogen-bond acceptors (Lipinski definition) is 8. The summed E-state index contributed by atoms with van der Waals surface area (Å²) in [4.78, 5) is 0. The van der Waals surface area contributed by atoms with Crippen LogP contribution in [0.2, 0.25) is 0 Å². The van der Waals surface area contributed by atoms with E-state index < -0.39 is 26.8 Å². The van der Waals surface area contributed by atoms with Crippen molar-refractivity contribution in [3.05, 3.63) is 167 Å². The van der Waals surface area contributed by atoms with Crippen molar-refractivity contribution in [1.29, 1.82) is 0 Å². The Morgan fingerprint density at radius 3 is 1.23 bits per heavy atom. The summed E-state index contributed by atoms with van der Waals surface area (Å²) in [5, 5.41) is 2.67. The zero-order chi connectivity index (χ0) is 42.7. The van der Waals surface area contributed by atoms with Crippen LogP contribution < -0.4 is 39.0 Å². The number of ether oxygens (including phenoxy) is 4. The summed E-state index contributed by atoms with van der Waals surface area (Å²) in [6, 6.07) is 41.7. The number of alkyl halides is 3. The SMILES string of the molecule is Cc1ccccc1.Cc1ccccc1.O=Pc1cccc2c1C1(COc3cccc(P)c31)CO2.O=S(=O)(Oc1cccc2c1C1(COc3cccc(P)c31)CO2)C(F)(F)F.[Ar].[Ar].[Ar].[Ar].[Ar].[Ar]. The molecular weight excluding hydrogens is 1090 g/mol. The molecule has 4 aliphatic rings. The van der Waals surface area contributed by atoms with Crippen molar-refractivity contribution >= 4 is 53.0 Å². The molecule has 0 fully saturated rings. The van der Waals surface area contributed by atoms with Gasteiger partial charge in [0.25, 0.3) is 0 Å². The van der Waals surface area contributed by atoms with Crippen LogP contribution in [0.4, 0.5) is 13.2 Å². The average Bonchev–Trinajstić information content (AvgIpc) is 4.01. The van der Waals surface area contributed by atoms with Crippen molar-refractivity contribution < 1.29 is 276 Å². The second-order valence-electron chi connectivity index (χ2n) is 14.4. The van der Waals surface area contributed by atoms with Crippen LogP contribution in [0.5, 0.6) is 28.7 Å². The molecule has 4 atom stereocenters. The topological polar surface area (TPSA) is 97.4 Å². The van der Waals surface area contributed by atoms with Crippen LogP contribution in [0.1, 0.15) is 33.4 Å². The third kappa shape index (κ3) is 14.9. The van der Waals surface area contributed by atoms with Gasteiger partial charge in [-0.2, -0.15) is 21.6 Å². The molecule has 6 aromatic rings. The molecule has 2 spiro atoms. The van der Waals surface area contributed by atoms with E-state index in [1.54, 1.807) is 18.2 Å². The Balaban J connectivity index is 0.000000483. The van der Waals surface area contributed by atoms with Gasteiger partial charge in [-0.05, 0) is 60.9 Å². The average molecular weight is 1130 g/mol. The van der Waals surface area contributed by atoms with Gasteiger partial charge in [0, 0.05) is 243 Å². The van der Waals surface area contributed by atoms with E-state index in [1.165, 1.54) is 23.3 Å². The van der Waals surface area contributed by atoms with Crippen molar-refractivity contribution in [2.75, 3.05) is 26.4 Å². The van der Waals surface area contributed by atoms with Gasteiger partial charge in [0.05, 0.1) is 21.7 Å². The van der Waals surface area contributed by atoms with Crippen LogP contribution in [0.25, 0.3) is 0 Å². The Kier molecular flexibility index (Phi) is 29.9. The largest absolute Gasteiger partial charge is 0.534 e. The van der Waals surface area contributed by atoms with Gasteiger partial charge in [0.1, 0.15) is 49.4 Å². The molecule has 10 rings (SSSR count). The molecule has 0 amide bonds. The van der Waals surface area contributed by atoms with Gasteiger partial charge in [0.2, 0.25) is 0 Å². The number of rotatable bonds is 3. The quantitative estimate of drug-likeness (QED) is 0.0988. The minimum atomic E-state index is -5.81. The van der Waals surface area contributed by atoms with E-state index in [0.29, 0.717) is 19.0 Å². The van der Waals surface area contributed by atoms with Gasteiger partial charge in [-0.25, -0.2) is 0 Å². The Morgan fingerprint density at radius 1 is 0.515 bits per heavy atom. The van der Waals surface area contributed by atoms with Gasteiger partial charge < -0.3 is 23.1 Å². The monoisotopic (exact) mass is 1130 g/mol. The Hall–Kier alpha value is 2.58. The smallest absolute Gasteiger partial charge is 0.492 e. The number of hydrogen-bond donors (Lipinski definition) is 0. The Labute approximate surface area is 569 Å². The van der Waals surface area contributed by atoms with Crippen LogP contribution in [0, 0.1) is 240 Å². The molecule has 0 bridgehead atoms. The number of fused-ring (bicyclic) bond motifs is 8. The molecule has 358 valence electrons. The molecule has 66 heavy (non-hydrogen) atoms. The molecular formula is C45H40Ar6F3O8P3S. The normalized spacial score (nSPS) is 17.0. The zero-order valence-electron chi connectivity index (χ0n) is 34.6. The van der Waals surface area contributed by atoms with E-state index in [2.05, 4.69) is 66.8 Å². The molecule has 6 aromatic carbocycles. The van der Waals surface area contributed by atoms with Gasteiger partial charge >= 0.3 is 15.6 Å². The molecule has 4 aliphatic heterocycles. The molecule has 0 N–H and O–H groups in total. The third-order valence-electron chi connectivity index (χ3n) is 10.4. The standard InChI is InChI=1S/C16H12F3O5PS.C15H12O3P2.2C7H8.6Ar/c17-16(18,19)26(20,21)24-11-5-1-3-9-13(11)15(7-22-9)8-23-10-4-2-6-12(25)14(10)15;16-20-12-6-2-4-10-14(12)15(8-18-10)7-17-9-3-1-5-11(19)13(9)15;2*1-7-5-3-2-4-6-7;;;;;;/h1-6H,7-8,25H2;1-6H,7-8,19H2;2*2-6H,1H3;;;;;;. The minimum absolute atomic E-state index is 0. The van der Waals surface area contributed by atoms with Crippen LogP contribution in [0.3, 0.4) is 0 Å².